The SMILES string of the molecule is CCCCC(NC(=O)c1cccnc1Br)C(=O)O. The Morgan fingerprint density at radius 2 is 2.28 bits per heavy atom. The number of nitrogens with one attached hydrogen (secondary N) is 1. The van der Waals surface area contributed by atoms with Gasteiger partial charge in [0.15, 0.2) is 0 Å². The van der Waals surface area contributed by atoms with Gasteiger partial charge in [-0.3, -0.25) is 4.79 Å². The molecule has 18 heavy (non-hydrogen) atoms. The van der Waals surface area contributed by atoms with E-state index in [2.05, 4.69) is 26.2 Å². The van der Waals surface area contributed by atoms with Crippen molar-refractivity contribution in [3.05, 3.63) is 28.5 Å². The molecule has 0 saturated carbocycles. The predicted molar refractivity (Wildman–Crippen MR) is 70.4 cm³/mol. The van der Waals surface area contributed by atoms with Gasteiger partial charge in [-0.1, -0.05) is 19.8 Å². The lowest BCUT2D eigenvalue weighted by atomic mass is 10.1. The minimum atomic E-state index is -1.02. The van der Waals surface area contributed by atoms with E-state index in [-0.39, 0.29) is 0 Å². The first-order valence-corrected chi connectivity index (χ1v) is 6.49. The molecule has 1 aromatic heterocycles. The Morgan fingerprint density at radius 3 is 2.83 bits per heavy atom. The third-order valence-electron chi connectivity index (χ3n) is 2.45. The number of carbonyl (C=O) groups is 2. The number of carboxylic acids is 1. The molecule has 1 rings (SSSR count). The van der Waals surface area contributed by atoms with Crippen molar-refractivity contribution in [3.8, 4) is 0 Å². The maximum atomic E-state index is 11.9. The third-order valence-corrected chi connectivity index (χ3v) is 3.09. The van der Waals surface area contributed by atoms with Gasteiger partial charge >= 0.3 is 5.97 Å². The maximum Gasteiger partial charge on any atom is 0.326 e. The van der Waals surface area contributed by atoms with Crippen molar-refractivity contribution < 1.29 is 14.7 Å². The van der Waals surface area contributed by atoms with Crippen LogP contribution in [0.4, 0.5) is 0 Å². The first-order valence-electron chi connectivity index (χ1n) is 5.70. The molecule has 0 aliphatic rings. The van der Waals surface area contributed by atoms with E-state index in [0.29, 0.717) is 16.6 Å². The fourth-order valence-corrected chi connectivity index (χ4v) is 1.89. The fraction of sp³-hybridized carbons (Fsp3) is 0.417. The average Bonchev–Trinajstić information content (AvgIpc) is 2.34. The molecule has 1 unspecified atom stereocenters. The van der Waals surface area contributed by atoms with Gasteiger partial charge in [-0.15, -0.1) is 0 Å². The number of nitrogens with zero attached hydrogens (tertiary/aromatic N) is 1. The van der Waals surface area contributed by atoms with E-state index in [1.807, 2.05) is 6.92 Å². The monoisotopic (exact) mass is 314 g/mol. The van der Waals surface area contributed by atoms with Crippen LogP contribution in [-0.4, -0.2) is 28.0 Å². The molecular formula is C12H15BrN2O3. The number of halogens is 1. The molecule has 0 aliphatic carbocycles. The lowest BCUT2D eigenvalue weighted by Crippen LogP contribution is -2.40. The predicted octanol–water partition coefficient (Wildman–Crippen LogP) is 2.22. The number of hydrogen-bond acceptors (Lipinski definition) is 3. The molecule has 2 N–H and O–H groups in total. The summed E-state index contributed by atoms with van der Waals surface area (Å²) >= 11 is 3.16. The summed E-state index contributed by atoms with van der Waals surface area (Å²) in [5.74, 6) is -1.45. The molecule has 98 valence electrons. The van der Waals surface area contributed by atoms with Gasteiger partial charge in [0.2, 0.25) is 0 Å². The zero-order chi connectivity index (χ0) is 13.5. The van der Waals surface area contributed by atoms with Crippen LogP contribution in [0.3, 0.4) is 0 Å². The number of aromatic nitrogens is 1. The molecule has 6 heteroatoms. The minimum Gasteiger partial charge on any atom is -0.480 e. The normalized spacial score (nSPS) is 11.9. The molecule has 5 nitrogen and oxygen atoms in total. The fourth-order valence-electron chi connectivity index (χ4n) is 1.46. The lowest BCUT2D eigenvalue weighted by Gasteiger charge is -2.14. The quantitative estimate of drug-likeness (QED) is 0.789. The van der Waals surface area contributed by atoms with Crippen LogP contribution in [0.25, 0.3) is 0 Å². The number of pyridine rings is 1. The second-order valence-corrected chi connectivity index (χ2v) is 4.60. The van der Waals surface area contributed by atoms with Gasteiger partial charge in [-0.25, -0.2) is 9.78 Å². The number of aliphatic carboxylic acids is 1. The number of carboxylic acid groups (broad SMARTS) is 1. The molecule has 0 bridgehead atoms. The van der Waals surface area contributed by atoms with Crippen molar-refractivity contribution in [2.45, 2.75) is 32.2 Å². The van der Waals surface area contributed by atoms with E-state index in [4.69, 9.17) is 5.11 Å². The van der Waals surface area contributed by atoms with Crippen molar-refractivity contribution in [3.63, 3.8) is 0 Å². The molecule has 1 amide bonds. The second-order valence-electron chi connectivity index (χ2n) is 3.85. The number of rotatable bonds is 6. The average molecular weight is 315 g/mol. The summed E-state index contributed by atoms with van der Waals surface area (Å²) in [7, 11) is 0. The van der Waals surface area contributed by atoms with Gasteiger partial charge in [-0.2, -0.15) is 0 Å². The van der Waals surface area contributed by atoms with Crippen LogP contribution in [0.5, 0.6) is 0 Å². The van der Waals surface area contributed by atoms with Crippen LogP contribution in [-0.2, 0) is 4.79 Å². The molecule has 1 aromatic rings. The Labute approximate surface area is 114 Å². The zero-order valence-electron chi connectivity index (χ0n) is 10.0. The molecular weight excluding hydrogens is 300 g/mol. The van der Waals surface area contributed by atoms with Gasteiger partial charge in [0.1, 0.15) is 10.6 Å². The van der Waals surface area contributed by atoms with Gasteiger partial charge in [0, 0.05) is 6.20 Å². The van der Waals surface area contributed by atoms with E-state index in [9.17, 15) is 9.59 Å². The molecule has 1 atom stereocenters. The summed E-state index contributed by atoms with van der Waals surface area (Å²) in [4.78, 5) is 26.8. The zero-order valence-corrected chi connectivity index (χ0v) is 11.6. The molecule has 0 aliphatic heterocycles. The standard InChI is InChI=1S/C12H15BrN2O3/c1-2-3-6-9(12(17)18)15-11(16)8-5-4-7-14-10(8)13/h4-5,7,9H,2-3,6H2,1H3,(H,15,16)(H,17,18). The Morgan fingerprint density at radius 1 is 1.56 bits per heavy atom. The van der Waals surface area contributed by atoms with Crippen molar-refractivity contribution in [2.24, 2.45) is 0 Å². The van der Waals surface area contributed by atoms with Crippen LogP contribution in [0.2, 0.25) is 0 Å². The summed E-state index contributed by atoms with van der Waals surface area (Å²) in [5.41, 5.74) is 0.334. The van der Waals surface area contributed by atoms with E-state index in [1.165, 1.54) is 0 Å². The molecule has 1 heterocycles. The van der Waals surface area contributed by atoms with Gasteiger partial charge in [-0.05, 0) is 34.5 Å². The second kappa shape index (κ2) is 7.10. The van der Waals surface area contributed by atoms with Crippen molar-refractivity contribution >= 4 is 27.8 Å². The van der Waals surface area contributed by atoms with Gasteiger partial charge in [0.25, 0.3) is 5.91 Å². The molecule has 0 saturated heterocycles. The highest BCUT2D eigenvalue weighted by Gasteiger charge is 2.21. The van der Waals surface area contributed by atoms with Crippen molar-refractivity contribution in [2.75, 3.05) is 0 Å². The summed E-state index contributed by atoms with van der Waals surface area (Å²) in [6, 6.07) is 2.36. The molecule has 0 spiro atoms. The van der Waals surface area contributed by atoms with E-state index < -0.39 is 17.9 Å². The van der Waals surface area contributed by atoms with Crippen LogP contribution in [0, 0.1) is 0 Å². The summed E-state index contributed by atoms with van der Waals surface area (Å²) in [5, 5.41) is 11.5. The highest BCUT2D eigenvalue weighted by molar-refractivity contribution is 9.10. The first kappa shape index (κ1) is 14.6. The summed E-state index contributed by atoms with van der Waals surface area (Å²) < 4.78 is 0.405. The number of carbonyl (C=O) groups excluding carboxylic acids is 1. The first-order chi connectivity index (χ1) is 8.56. The number of unbranched alkanes of at least 4 members (excludes halogenated alkanes) is 1. The van der Waals surface area contributed by atoms with E-state index >= 15 is 0 Å². The topological polar surface area (TPSA) is 79.3 Å². The van der Waals surface area contributed by atoms with E-state index in [1.54, 1.807) is 18.3 Å². The summed E-state index contributed by atoms with van der Waals surface area (Å²) in [6.45, 7) is 1.97. The van der Waals surface area contributed by atoms with E-state index in [0.717, 1.165) is 12.8 Å². The number of amides is 1. The Bertz CT molecular complexity index is 437. The van der Waals surface area contributed by atoms with Gasteiger partial charge in [0.05, 0.1) is 5.56 Å². The van der Waals surface area contributed by atoms with Gasteiger partial charge < -0.3 is 10.4 Å². The Kier molecular flexibility index (Phi) is 5.77. The maximum absolute atomic E-state index is 11.9. The summed E-state index contributed by atoms with van der Waals surface area (Å²) in [6.07, 6.45) is 3.61. The lowest BCUT2D eigenvalue weighted by molar-refractivity contribution is -0.139. The molecule has 0 radical (unpaired) electrons. The van der Waals surface area contributed by atoms with Crippen molar-refractivity contribution in [1.29, 1.82) is 0 Å². The van der Waals surface area contributed by atoms with Crippen LogP contribution < -0.4 is 5.32 Å². The number of hydrogen-bond donors (Lipinski definition) is 2. The highest BCUT2D eigenvalue weighted by Crippen LogP contribution is 2.13. The molecule has 0 fully saturated rings. The minimum absolute atomic E-state index is 0.334. The van der Waals surface area contributed by atoms with Crippen LogP contribution in [0.15, 0.2) is 22.9 Å². The molecule has 0 aromatic carbocycles. The highest BCUT2D eigenvalue weighted by atomic mass is 79.9. The largest absolute Gasteiger partial charge is 0.480 e. The Balaban J connectivity index is 2.72. The Hall–Kier alpha value is -1.43. The third kappa shape index (κ3) is 4.10. The van der Waals surface area contributed by atoms with Crippen LogP contribution in [0.1, 0.15) is 36.5 Å². The van der Waals surface area contributed by atoms with Crippen LogP contribution >= 0.6 is 15.9 Å². The van der Waals surface area contributed by atoms with Crippen molar-refractivity contribution in [1.82, 2.24) is 10.3 Å². The smallest absolute Gasteiger partial charge is 0.326 e.